The van der Waals surface area contributed by atoms with Gasteiger partial charge in [0.1, 0.15) is 5.76 Å². The Morgan fingerprint density at radius 2 is 2.19 bits per heavy atom. The van der Waals surface area contributed by atoms with E-state index in [2.05, 4.69) is 18.9 Å². The molecule has 21 heavy (non-hydrogen) atoms. The molecule has 0 radical (unpaired) electrons. The molecule has 1 amide bonds. The van der Waals surface area contributed by atoms with Crippen molar-refractivity contribution in [3.8, 4) is 0 Å². The van der Waals surface area contributed by atoms with Gasteiger partial charge in [0.15, 0.2) is 0 Å². The number of aromatic nitrogens is 2. The zero-order chi connectivity index (χ0) is 15.4. The molecule has 0 unspecified atom stereocenters. The number of nitrogens with zero attached hydrogens (tertiary/aromatic N) is 3. The highest BCUT2D eigenvalue weighted by molar-refractivity contribution is 5.76. The van der Waals surface area contributed by atoms with Crippen molar-refractivity contribution in [1.82, 2.24) is 14.7 Å². The fourth-order valence-corrected chi connectivity index (χ4v) is 2.55. The number of amides is 1. The van der Waals surface area contributed by atoms with Gasteiger partial charge in [-0.1, -0.05) is 0 Å². The largest absolute Gasteiger partial charge is 0.467 e. The molecule has 0 spiro atoms. The summed E-state index contributed by atoms with van der Waals surface area (Å²) < 4.78 is 7.25. The Hall–Kier alpha value is -2.04. The summed E-state index contributed by atoms with van der Waals surface area (Å²) in [6.45, 7) is 7.52. The Morgan fingerprint density at radius 3 is 2.76 bits per heavy atom. The Bertz CT molecular complexity index is 599. The third-order valence-corrected chi connectivity index (χ3v) is 3.82. The molecule has 0 aliphatic rings. The molecule has 2 rings (SSSR count). The Kier molecular flexibility index (Phi) is 4.83. The third kappa shape index (κ3) is 3.54. The van der Waals surface area contributed by atoms with Crippen LogP contribution in [0.2, 0.25) is 0 Å². The molecule has 114 valence electrons. The van der Waals surface area contributed by atoms with Gasteiger partial charge in [-0.25, -0.2) is 0 Å². The van der Waals surface area contributed by atoms with Crippen molar-refractivity contribution in [2.75, 3.05) is 7.05 Å². The molecular weight excluding hydrogens is 266 g/mol. The SMILES string of the molecule is CCn1nc(C)c(CCC(=O)N(C)Cc2ccco2)c1C. The summed E-state index contributed by atoms with van der Waals surface area (Å²) in [5.74, 6) is 0.923. The van der Waals surface area contributed by atoms with Crippen LogP contribution in [0.3, 0.4) is 0 Å². The van der Waals surface area contributed by atoms with Gasteiger partial charge in [-0.15, -0.1) is 0 Å². The maximum Gasteiger partial charge on any atom is 0.223 e. The van der Waals surface area contributed by atoms with Crippen LogP contribution in [0.25, 0.3) is 0 Å². The minimum Gasteiger partial charge on any atom is -0.467 e. The molecule has 5 heteroatoms. The van der Waals surface area contributed by atoms with E-state index in [1.165, 1.54) is 5.56 Å². The molecule has 0 aliphatic carbocycles. The van der Waals surface area contributed by atoms with E-state index in [1.807, 2.05) is 23.7 Å². The van der Waals surface area contributed by atoms with E-state index in [-0.39, 0.29) is 5.91 Å². The highest BCUT2D eigenvalue weighted by atomic mass is 16.3. The predicted octanol–water partition coefficient (Wildman–Crippen LogP) is 2.70. The van der Waals surface area contributed by atoms with Gasteiger partial charge in [0.2, 0.25) is 5.91 Å². The van der Waals surface area contributed by atoms with Crippen LogP contribution < -0.4 is 0 Å². The number of hydrogen-bond acceptors (Lipinski definition) is 3. The Balaban J connectivity index is 1.93. The quantitative estimate of drug-likeness (QED) is 0.821. The van der Waals surface area contributed by atoms with Crippen LogP contribution >= 0.6 is 0 Å². The van der Waals surface area contributed by atoms with Crippen LogP contribution in [0, 0.1) is 13.8 Å². The summed E-state index contributed by atoms with van der Waals surface area (Å²) in [5, 5.41) is 4.49. The lowest BCUT2D eigenvalue weighted by molar-refractivity contribution is -0.130. The first-order valence-electron chi connectivity index (χ1n) is 7.32. The average molecular weight is 289 g/mol. The lowest BCUT2D eigenvalue weighted by Gasteiger charge is -2.15. The predicted molar refractivity (Wildman–Crippen MR) is 80.9 cm³/mol. The van der Waals surface area contributed by atoms with Crippen molar-refractivity contribution in [3.05, 3.63) is 41.1 Å². The topological polar surface area (TPSA) is 51.3 Å². The summed E-state index contributed by atoms with van der Waals surface area (Å²) in [6.07, 6.45) is 2.85. The van der Waals surface area contributed by atoms with Gasteiger partial charge in [-0.2, -0.15) is 5.10 Å². The van der Waals surface area contributed by atoms with E-state index >= 15 is 0 Å². The van der Waals surface area contributed by atoms with Crippen molar-refractivity contribution in [3.63, 3.8) is 0 Å². The zero-order valence-corrected chi connectivity index (χ0v) is 13.2. The van der Waals surface area contributed by atoms with E-state index in [4.69, 9.17) is 4.42 Å². The maximum absolute atomic E-state index is 12.2. The van der Waals surface area contributed by atoms with Crippen LogP contribution in [0.5, 0.6) is 0 Å². The number of aryl methyl sites for hydroxylation is 2. The highest BCUT2D eigenvalue weighted by Crippen LogP contribution is 2.16. The van der Waals surface area contributed by atoms with Crippen molar-refractivity contribution < 1.29 is 9.21 Å². The van der Waals surface area contributed by atoms with E-state index in [1.54, 1.807) is 18.2 Å². The van der Waals surface area contributed by atoms with Crippen molar-refractivity contribution >= 4 is 5.91 Å². The molecule has 0 fully saturated rings. The second kappa shape index (κ2) is 6.61. The van der Waals surface area contributed by atoms with Gasteiger partial charge in [0.25, 0.3) is 0 Å². The fraction of sp³-hybridized carbons (Fsp3) is 0.500. The first-order valence-corrected chi connectivity index (χ1v) is 7.32. The van der Waals surface area contributed by atoms with Gasteiger partial charge in [0, 0.05) is 25.7 Å². The first kappa shape index (κ1) is 15.4. The smallest absolute Gasteiger partial charge is 0.223 e. The van der Waals surface area contributed by atoms with Gasteiger partial charge in [0.05, 0.1) is 18.5 Å². The van der Waals surface area contributed by atoms with Crippen molar-refractivity contribution in [1.29, 1.82) is 0 Å². The fourth-order valence-electron chi connectivity index (χ4n) is 2.55. The van der Waals surface area contributed by atoms with E-state index in [9.17, 15) is 4.79 Å². The minimum absolute atomic E-state index is 0.120. The van der Waals surface area contributed by atoms with Crippen LogP contribution in [-0.2, 0) is 24.3 Å². The van der Waals surface area contributed by atoms with Crippen LogP contribution in [-0.4, -0.2) is 27.6 Å². The van der Waals surface area contributed by atoms with E-state index < -0.39 is 0 Å². The van der Waals surface area contributed by atoms with E-state index in [0.717, 1.165) is 30.1 Å². The van der Waals surface area contributed by atoms with Gasteiger partial charge in [-0.3, -0.25) is 9.48 Å². The van der Waals surface area contributed by atoms with Crippen LogP contribution in [0.15, 0.2) is 22.8 Å². The molecule has 0 atom stereocenters. The Morgan fingerprint density at radius 1 is 1.43 bits per heavy atom. The van der Waals surface area contributed by atoms with Crippen molar-refractivity contribution in [2.45, 2.75) is 46.7 Å². The maximum atomic E-state index is 12.2. The number of hydrogen-bond donors (Lipinski definition) is 0. The standard InChI is InChI=1S/C16H23N3O2/c1-5-19-13(3)15(12(2)17-19)8-9-16(20)18(4)11-14-7-6-10-21-14/h6-7,10H,5,8-9,11H2,1-4H3. The lowest BCUT2D eigenvalue weighted by Crippen LogP contribution is -2.26. The van der Waals surface area contributed by atoms with Gasteiger partial charge < -0.3 is 9.32 Å². The van der Waals surface area contributed by atoms with Gasteiger partial charge >= 0.3 is 0 Å². The van der Waals surface area contributed by atoms with E-state index in [0.29, 0.717) is 13.0 Å². The van der Waals surface area contributed by atoms with Crippen LogP contribution in [0.4, 0.5) is 0 Å². The molecule has 2 aromatic rings. The zero-order valence-electron chi connectivity index (χ0n) is 13.2. The monoisotopic (exact) mass is 289 g/mol. The Labute approximate surface area is 125 Å². The minimum atomic E-state index is 0.120. The molecule has 5 nitrogen and oxygen atoms in total. The third-order valence-electron chi connectivity index (χ3n) is 3.82. The first-order chi connectivity index (χ1) is 10.0. The van der Waals surface area contributed by atoms with Crippen LogP contribution in [0.1, 0.15) is 36.1 Å². The molecular formula is C16H23N3O2. The molecule has 0 saturated heterocycles. The summed E-state index contributed by atoms with van der Waals surface area (Å²) in [5.41, 5.74) is 3.38. The highest BCUT2D eigenvalue weighted by Gasteiger charge is 2.15. The summed E-state index contributed by atoms with van der Waals surface area (Å²) in [6, 6.07) is 3.71. The lowest BCUT2D eigenvalue weighted by atomic mass is 10.1. The second-order valence-electron chi connectivity index (χ2n) is 5.29. The molecule has 0 bridgehead atoms. The molecule has 2 heterocycles. The number of rotatable bonds is 6. The molecule has 0 saturated carbocycles. The summed E-state index contributed by atoms with van der Waals surface area (Å²) in [4.78, 5) is 13.9. The molecule has 2 aromatic heterocycles. The normalized spacial score (nSPS) is 10.9. The van der Waals surface area contributed by atoms with Gasteiger partial charge in [-0.05, 0) is 44.9 Å². The molecule has 0 aliphatic heterocycles. The summed E-state index contributed by atoms with van der Waals surface area (Å²) in [7, 11) is 1.81. The number of carbonyl (C=O) groups is 1. The average Bonchev–Trinajstić information content (AvgIpc) is 3.05. The molecule has 0 N–H and O–H groups in total. The van der Waals surface area contributed by atoms with Crippen molar-refractivity contribution in [2.24, 2.45) is 0 Å². The second-order valence-corrected chi connectivity index (χ2v) is 5.29. The number of furan rings is 1. The number of carbonyl (C=O) groups excluding carboxylic acids is 1. The summed E-state index contributed by atoms with van der Waals surface area (Å²) >= 11 is 0. The molecule has 0 aromatic carbocycles.